The van der Waals surface area contributed by atoms with Crippen molar-refractivity contribution >= 4 is 35.1 Å². The van der Waals surface area contributed by atoms with Gasteiger partial charge in [0.15, 0.2) is 12.1 Å². The topological polar surface area (TPSA) is 331 Å². The first-order valence-corrected chi connectivity index (χ1v) is 27.0. The summed E-state index contributed by atoms with van der Waals surface area (Å²) in [6, 6.07) is 2.03. The maximum Gasteiger partial charge on any atom is 0.313 e. The van der Waals surface area contributed by atoms with Crippen molar-refractivity contribution in [3.8, 4) is 0 Å². The predicted octanol–water partition coefficient (Wildman–Crippen LogP) is 4.84. The number of aromatic nitrogens is 1. The number of aliphatic hydroxyl groups excluding tert-OH is 7. The van der Waals surface area contributed by atoms with Crippen molar-refractivity contribution in [1.82, 2.24) is 4.98 Å². The van der Waals surface area contributed by atoms with E-state index in [-0.39, 0.29) is 87.1 Å². The molecular formula is C59H84N2O17. The van der Waals surface area contributed by atoms with Crippen molar-refractivity contribution in [2.24, 2.45) is 29.4 Å². The van der Waals surface area contributed by atoms with E-state index < -0.39 is 128 Å². The standard InChI is InChI=1S/C59H84N2O17/c1-37-19-15-13-11-9-7-5-6-8-10-12-14-16-24-47(77-59-57(75)55(60)56(74)40(4)76-59)34-52(70)48(35-53(71)72)51(69)32-46(66)31-44(64)22-17-20-42(62)30-43(63)21-18-23-45(65)33-54(73)78-58(37)39(3)29-38(2)49(67)36-50(68)41-25-27-61-28-26-41/h5-16,19,24-28,37-40,42,44,47-49,51-52,55-59,62,64,67,69-70,74-75H,17-18,20-23,29-36,60H2,1-4H3,(H,71,72)/t37-,38+,39-,40-,42-,44-,47-,48+,49+,51-,52-,55-,56-,57+,58+,59+/m0/s1. The Labute approximate surface area is 458 Å². The molecule has 0 radical (unpaired) electrons. The number of ether oxygens (including phenoxy) is 3. The SMILES string of the molecule is C[C@H](C[C@H](C)[C@@H]1OC(=O)CC(=O)CCCC(=O)C[C@@H](O)CCC[C@H](O)CC(=O)C[C@H](O)[C@@H](CC(=O)O)[C@@H](O)C[C@@H](O[C@H]2O[C@@H](C)[C@H](O)[C@H](N)[C@H]2O)C=CC=CC=CC=CC=CC=CC=C[C@@H]1C)[C@H](O)CC(=O)c1ccncc1. The molecule has 78 heavy (non-hydrogen) atoms. The summed E-state index contributed by atoms with van der Waals surface area (Å²) in [5.41, 5.74) is 6.45. The fourth-order valence-corrected chi connectivity index (χ4v) is 9.34. The van der Waals surface area contributed by atoms with Crippen LogP contribution in [0.2, 0.25) is 0 Å². The van der Waals surface area contributed by atoms with Crippen LogP contribution in [0.5, 0.6) is 0 Å². The number of hydrogen-bond donors (Lipinski definition) is 9. The van der Waals surface area contributed by atoms with E-state index in [0.717, 1.165) is 0 Å². The van der Waals surface area contributed by atoms with E-state index in [0.29, 0.717) is 12.0 Å². The minimum atomic E-state index is -1.65. The quantitative estimate of drug-likeness (QED) is 0.0813. The Hall–Kier alpha value is -5.45. The highest BCUT2D eigenvalue weighted by molar-refractivity contribution is 5.96. The van der Waals surface area contributed by atoms with Crippen molar-refractivity contribution in [2.45, 2.75) is 191 Å². The second kappa shape index (κ2) is 35.9. The van der Waals surface area contributed by atoms with Gasteiger partial charge in [-0.15, -0.1) is 0 Å². The lowest BCUT2D eigenvalue weighted by molar-refractivity contribution is -0.277. The first kappa shape index (κ1) is 66.8. The molecule has 19 heteroatoms. The number of aliphatic carboxylic acids is 1. The Kier molecular flexibility index (Phi) is 30.8. The molecule has 3 rings (SSSR count). The summed E-state index contributed by atoms with van der Waals surface area (Å²) < 4.78 is 17.7. The van der Waals surface area contributed by atoms with E-state index in [1.807, 2.05) is 26.8 Å². The van der Waals surface area contributed by atoms with Crippen LogP contribution >= 0.6 is 0 Å². The zero-order valence-electron chi connectivity index (χ0n) is 45.3. The number of carbonyl (C=O) groups excluding carboxylic acids is 5. The van der Waals surface area contributed by atoms with E-state index in [1.165, 1.54) is 25.4 Å². The smallest absolute Gasteiger partial charge is 0.313 e. The number of Topliss-reactive ketones (excluding diaryl/α,β-unsaturated/α-hetero) is 4. The maximum absolute atomic E-state index is 13.3. The third-order valence-corrected chi connectivity index (χ3v) is 13.9. The van der Waals surface area contributed by atoms with Crippen molar-refractivity contribution in [2.75, 3.05) is 0 Å². The lowest BCUT2D eigenvalue weighted by Gasteiger charge is -2.41. The molecule has 0 amide bonds. The van der Waals surface area contributed by atoms with Crippen LogP contribution in [0.15, 0.2) is 110 Å². The number of ketones is 4. The Bertz CT molecular complexity index is 2240. The molecule has 0 aromatic carbocycles. The van der Waals surface area contributed by atoms with Gasteiger partial charge in [-0.25, -0.2) is 0 Å². The van der Waals surface area contributed by atoms with E-state index in [2.05, 4.69) is 4.98 Å². The number of carboxylic acid groups (broad SMARTS) is 1. The third-order valence-electron chi connectivity index (χ3n) is 13.9. The van der Waals surface area contributed by atoms with Crippen LogP contribution in [0.1, 0.15) is 128 Å². The third kappa shape index (κ3) is 25.6. The lowest BCUT2D eigenvalue weighted by Crippen LogP contribution is -2.61. The van der Waals surface area contributed by atoms with Crippen molar-refractivity contribution < 1.29 is 83.8 Å². The van der Waals surface area contributed by atoms with Crippen LogP contribution in [0.25, 0.3) is 0 Å². The second-order valence-corrected chi connectivity index (χ2v) is 20.7. The van der Waals surface area contributed by atoms with E-state index in [1.54, 1.807) is 85.0 Å². The molecule has 0 bridgehead atoms. The minimum Gasteiger partial charge on any atom is -0.481 e. The Morgan fingerprint density at radius 2 is 1.28 bits per heavy atom. The fourth-order valence-electron chi connectivity index (χ4n) is 9.34. The Morgan fingerprint density at radius 3 is 1.87 bits per heavy atom. The van der Waals surface area contributed by atoms with Gasteiger partial charge in [0.1, 0.15) is 36.0 Å². The van der Waals surface area contributed by atoms with Crippen LogP contribution in [0.4, 0.5) is 0 Å². The monoisotopic (exact) mass is 1090 g/mol. The largest absolute Gasteiger partial charge is 0.481 e. The summed E-state index contributed by atoms with van der Waals surface area (Å²) in [7, 11) is 0. The van der Waals surface area contributed by atoms with Crippen molar-refractivity contribution in [3.05, 3.63) is 115 Å². The molecule has 0 aliphatic carbocycles. The van der Waals surface area contributed by atoms with Crippen molar-refractivity contribution in [3.63, 3.8) is 0 Å². The van der Waals surface area contributed by atoms with Gasteiger partial charge in [-0.1, -0.05) is 106 Å². The molecule has 16 atom stereocenters. The first-order valence-electron chi connectivity index (χ1n) is 27.0. The molecule has 3 heterocycles. The first-order chi connectivity index (χ1) is 37.1. The van der Waals surface area contributed by atoms with Gasteiger partial charge in [0.2, 0.25) is 0 Å². The van der Waals surface area contributed by atoms with Gasteiger partial charge < -0.3 is 60.8 Å². The van der Waals surface area contributed by atoms with Gasteiger partial charge >= 0.3 is 11.9 Å². The Morgan fingerprint density at radius 1 is 0.731 bits per heavy atom. The number of hydrogen-bond acceptors (Lipinski definition) is 18. The molecule has 1 aromatic rings. The minimum absolute atomic E-state index is 0.0327. The van der Waals surface area contributed by atoms with Gasteiger partial charge in [-0.05, 0) is 63.0 Å². The number of esters is 1. The highest BCUT2D eigenvalue weighted by atomic mass is 16.7. The molecule has 10 N–H and O–H groups in total. The number of nitrogens with zero attached hydrogens (tertiary/aromatic N) is 1. The van der Waals surface area contributed by atoms with Gasteiger partial charge in [-0.2, -0.15) is 0 Å². The average molecular weight is 1090 g/mol. The van der Waals surface area contributed by atoms with Gasteiger partial charge in [-0.3, -0.25) is 33.8 Å². The van der Waals surface area contributed by atoms with E-state index in [9.17, 15) is 69.6 Å². The number of aliphatic hydroxyl groups is 7. The second-order valence-electron chi connectivity index (χ2n) is 20.7. The highest BCUT2D eigenvalue weighted by Gasteiger charge is 2.43. The fraction of sp³-hybridized carbons (Fsp3) is 0.576. The summed E-state index contributed by atoms with van der Waals surface area (Å²) in [6.45, 7) is 7.11. The molecule has 2 aliphatic heterocycles. The zero-order chi connectivity index (χ0) is 57.7. The predicted molar refractivity (Wildman–Crippen MR) is 290 cm³/mol. The molecule has 0 unspecified atom stereocenters. The molecule has 1 saturated heterocycles. The van der Waals surface area contributed by atoms with Gasteiger partial charge in [0.05, 0.1) is 61.3 Å². The molecule has 432 valence electrons. The number of carboxylic acids is 1. The number of allylic oxidation sites excluding steroid dienone is 12. The molecule has 2 aliphatic rings. The molecule has 19 nitrogen and oxygen atoms in total. The van der Waals surface area contributed by atoms with Crippen LogP contribution < -0.4 is 5.73 Å². The summed E-state index contributed by atoms with van der Waals surface area (Å²) in [6.07, 6.45) is 12.1. The van der Waals surface area contributed by atoms with Crippen LogP contribution in [-0.4, -0.2) is 154 Å². The Balaban J connectivity index is 1.82. The van der Waals surface area contributed by atoms with Gasteiger partial charge in [0, 0.05) is 74.7 Å². The van der Waals surface area contributed by atoms with E-state index >= 15 is 0 Å². The molecule has 0 saturated carbocycles. The van der Waals surface area contributed by atoms with Crippen molar-refractivity contribution in [1.29, 1.82) is 0 Å². The number of carbonyl (C=O) groups is 6. The van der Waals surface area contributed by atoms with Crippen LogP contribution in [-0.2, 0) is 38.2 Å². The highest BCUT2D eigenvalue weighted by Crippen LogP contribution is 2.29. The van der Waals surface area contributed by atoms with Crippen LogP contribution in [0.3, 0.4) is 0 Å². The number of nitrogens with two attached hydrogens (primary N) is 1. The summed E-state index contributed by atoms with van der Waals surface area (Å²) in [5, 5.41) is 85.6. The van der Waals surface area contributed by atoms with Gasteiger partial charge in [0.25, 0.3) is 0 Å². The molecular weight excluding hydrogens is 1010 g/mol. The molecule has 0 spiro atoms. The maximum atomic E-state index is 13.3. The number of rotatable bonds is 11. The normalized spacial score (nSPS) is 31.2. The average Bonchev–Trinajstić information content (AvgIpc) is 3.38. The molecule has 1 aromatic heterocycles. The summed E-state index contributed by atoms with van der Waals surface area (Å²) in [4.78, 5) is 80.7. The van der Waals surface area contributed by atoms with Crippen LogP contribution in [0, 0.1) is 23.7 Å². The lowest BCUT2D eigenvalue weighted by atomic mass is 9.83. The summed E-state index contributed by atoms with van der Waals surface area (Å²) in [5.74, 6) is -6.07. The number of cyclic esters (lactones) is 1. The van der Waals surface area contributed by atoms with E-state index in [4.69, 9.17) is 19.9 Å². The number of pyridine rings is 1. The zero-order valence-corrected chi connectivity index (χ0v) is 45.3. The molecule has 1 fully saturated rings. The summed E-state index contributed by atoms with van der Waals surface area (Å²) >= 11 is 0.